The third-order valence-electron chi connectivity index (χ3n) is 4.36. The fourth-order valence-corrected chi connectivity index (χ4v) is 3.46. The zero-order valence-corrected chi connectivity index (χ0v) is 12.6. The lowest BCUT2D eigenvalue weighted by Crippen LogP contribution is -2.31. The lowest BCUT2D eigenvalue weighted by Gasteiger charge is -2.37. The second-order valence-electron chi connectivity index (χ2n) is 5.92. The van der Waals surface area contributed by atoms with Crippen LogP contribution in [0.4, 0.5) is 0 Å². The predicted molar refractivity (Wildman–Crippen MR) is 80.4 cm³/mol. The Bertz CT molecular complexity index is 382. The highest BCUT2D eigenvalue weighted by Gasteiger charge is 2.29. The highest BCUT2D eigenvalue weighted by atomic mass is 35.5. The first-order valence-electron chi connectivity index (χ1n) is 7.14. The molecule has 1 aromatic rings. The Hall–Kier alpha value is -0.570. The highest BCUT2D eigenvalue weighted by Crippen LogP contribution is 2.39. The molecular formula is C16H24ClNO. The molecule has 2 nitrogen and oxygen atoms in total. The zero-order valence-electron chi connectivity index (χ0n) is 11.8. The van der Waals surface area contributed by atoms with Crippen molar-refractivity contribution >= 4 is 11.6 Å². The molecule has 1 aliphatic carbocycles. The average Bonchev–Trinajstić information content (AvgIpc) is 2.42. The van der Waals surface area contributed by atoms with Gasteiger partial charge in [-0.15, -0.1) is 0 Å². The molecule has 1 fully saturated rings. The number of nitrogens with zero attached hydrogens (tertiary/aromatic N) is 1. The van der Waals surface area contributed by atoms with Gasteiger partial charge in [0.05, 0.1) is 0 Å². The molecule has 19 heavy (non-hydrogen) atoms. The molecule has 1 atom stereocenters. The molecule has 2 rings (SSSR count). The molecule has 0 amide bonds. The molecule has 1 aliphatic rings. The van der Waals surface area contributed by atoms with Gasteiger partial charge in [0, 0.05) is 17.7 Å². The van der Waals surface area contributed by atoms with Gasteiger partial charge in [0.15, 0.2) is 0 Å². The number of halogens is 1. The summed E-state index contributed by atoms with van der Waals surface area (Å²) < 4.78 is 0. The van der Waals surface area contributed by atoms with Gasteiger partial charge in [0.25, 0.3) is 0 Å². The highest BCUT2D eigenvalue weighted by molar-refractivity contribution is 6.30. The molecule has 1 aromatic carbocycles. The van der Waals surface area contributed by atoms with E-state index in [1.54, 1.807) is 0 Å². The van der Waals surface area contributed by atoms with Crippen LogP contribution in [-0.4, -0.2) is 30.7 Å². The lowest BCUT2D eigenvalue weighted by molar-refractivity contribution is 0.118. The minimum atomic E-state index is 0.348. The Balaban J connectivity index is 2.10. The van der Waals surface area contributed by atoms with Crippen LogP contribution in [0.5, 0.6) is 0 Å². The first-order chi connectivity index (χ1) is 9.11. The van der Waals surface area contributed by atoms with E-state index in [9.17, 15) is 5.11 Å². The van der Waals surface area contributed by atoms with Gasteiger partial charge in [-0.2, -0.15) is 0 Å². The van der Waals surface area contributed by atoms with Crippen molar-refractivity contribution in [2.45, 2.75) is 31.7 Å². The summed E-state index contributed by atoms with van der Waals surface area (Å²) >= 11 is 5.98. The maximum Gasteiger partial charge on any atom is 0.0459 e. The number of aliphatic hydroxyl groups is 1. The molecule has 1 saturated carbocycles. The van der Waals surface area contributed by atoms with Gasteiger partial charge in [0.1, 0.15) is 0 Å². The Morgan fingerprint density at radius 2 is 1.74 bits per heavy atom. The summed E-state index contributed by atoms with van der Waals surface area (Å²) in [6.45, 7) is 0.348. The van der Waals surface area contributed by atoms with Crippen molar-refractivity contribution in [2.75, 3.05) is 20.7 Å². The summed E-state index contributed by atoms with van der Waals surface area (Å²) in [7, 11) is 4.30. The summed E-state index contributed by atoms with van der Waals surface area (Å²) in [5.41, 5.74) is 1.35. The van der Waals surface area contributed by atoms with Crippen molar-refractivity contribution < 1.29 is 5.11 Å². The van der Waals surface area contributed by atoms with Crippen molar-refractivity contribution in [3.8, 4) is 0 Å². The van der Waals surface area contributed by atoms with E-state index in [-0.39, 0.29) is 0 Å². The van der Waals surface area contributed by atoms with Crippen LogP contribution in [-0.2, 0) is 0 Å². The largest absolute Gasteiger partial charge is 0.396 e. The van der Waals surface area contributed by atoms with Gasteiger partial charge >= 0.3 is 0 Å². The molecule has 1 unspecified atom stereocenters. The van der Waals surface area contributed by atoms with E-state index in [4.69, 9.17) is 11.6 Å². The third kappa shape index (κ3) is 3.71. The van der Waals surface area contributed by atoms with Crippen LogP contribution in [0.3, 0.4) is 0 Å². The summed E-state index contributed by atoms with van der Waals surface area (Å²) in [6, 6.07) is 8.70. The summed E-state index contributed by atoms with van der Waals surface area (Å²) in [5.74, 6) is 1.20. The normalized spacial score (nSPS) is 25.5. The molecule has 0 spiro atoms. The van der Waals surface area contributed by atoms with Crippen LogP contribution in [0, 0.1) is 11.8 Å². The van der Waals surface area contributed by atoms with E-state index in [1.807, 2.05) is 12.1 Å². The minimum absolute atomic E-state index is 0.348. The van der Waals surface area contributed by atoms with Gasteiger partial charge in [-0.1, -0.05) is 23.7 Å². The predicted octanol–water partition coefficient (Wildman–Crippen LogP) is 3.74. The number of benzene rings is 1. The fourth-order valence-electron chi connectivity index (χ4n) is 3.34. The summed E-state index contributed by atoms with van der Waals surface area (Å²) in [5, 5.41) is 10.0. The van der Waals surface area contributed by atoms with Gasteiger partial charge in [-0.05, 0) is 69.3 Å². The standard InChI is InChI=1S/C16H24ClNO/c1-18(2)16(14-7-9-15(17)10-8-14)13-5-3-12(11-19)4-6-13/h7-10,12-13,16,19H,3-6,11H2,1-2H3. The molecule has 0 radical (unpaired) electrons. The molecule has 1 N–H and O–H groups in total. The van der Waals surface area contributed by atoms with E-state index in [2.05, 4.69) is 31.1 Å². The first kappa shape index (κ1) is 14.8. The summed E-state index contributed by atoms with van der Waals surface area (Å²) in [4.78, 5) is 2.31. The monoisotopic (exact) mass is 281 g/mol. The SMILES string of the molecule is CN(C)C(c1ccc(Cl)cc1)C1CCC(CO)CC1. The first-order valence-corrected chi connectivity index (χ1v) is 7.52. The number of aliphatic hydroxyl groups excluding tert-OH is 1. The summed E-state index contributed by atoms with van der Waals surface area (Å²) in [6.07, 6.45) is 4.71. The zero-order chi connectivity index (χ0) is 13.8. The van der Waals surface area contributed by atoms with Crippen LogP contribution >= 0.6 is 11.6 Å². The van der Waals surface area contributed by atoms with Crippen LogP contribution < -0.4 is 0 Å². The van der Waals surface area contributed by atoms with Crippen LogP contribution in [0.2, 0.25) is 5.02 Å². The Morgan fingerprint density at radius 1 is 1.16 bits per heavy atom. The van der Waals surface area contributed by atoms with Gasteiger partial charge in [0.2, 0.25) is 0 Å². The Morgan fingerprint density at radius 3 is 2.21 bits per heavy atom. The van der Waals surface area contributed by atoms with E-state index in [0.717, 1.165) is 17.9 Å². The lowest BCUT2D eigenvalue weighted by atomic mass is 9.76. The van der Waals surface area contributed by atoms with Crippen molar-refractivity contribution in [3.63, 3.8) is 0 Å². The third-order valence-corrected chi connectivity index (χ3v) is 4.62. The average molecular weight is 282 g/mol. The second-order valence-corrected chi connectivity index (χ2v) is 6.36. The second kappa shape index (κ2) is 6.74. The maximum atomic E-state index is 9.25. The van der Waals surface area contributed by atoms with Crippen LogP contribution in [0.1, 0.15) is 37.3 Å². The van der Waals surface area contributed by atoms with Crippen LogP contribution in [0.25, 0.3) is 0 Å². The fraction of sp³-hybridized carbons (Fsp3) is 0.625. The van der Waals surface area contributed by atoms with E-state index in [0.29, 0.717) is 24.5 Å². The molecule has 0 bridgehead atoms. The molecule has 0 heterocycles. The smallest absolute Gasteiger partial charge is 0.0459 e. The molecule has 0 saturated heterocycles. The van der Waals surface area contributed by atoms with Crippen molar-refractivity contribution in [2.24, 2.45) is 11.8 Å². The van der Waals surface area contributed by atoms with E-state index in [1.165, 1.54) is 18.4 Å². The number of rotatable bonds is 4. The van der Waals surface area contributed by atoms with Gasteiger partial charge in [-0.3, -0.25) is 0 Å². The quantitative estimate of drug-likeness (QED) is 0.909. The minimum Gasteiger partial charge on any atom is -0.396 e. The number of hydrogen-bond acceptors (Lipinski definition) is 2. The molecule has 106 valence electrons. The van der Waals surface area contributed by atoms with Crippen LogP contribution in [0.15, 0.2) is 24.3 Å². The van der Waals surface area contributed by atoms with E-state index < -0.39 is 0 Å². The van der Waals surface area contributed by atoms with Gasteiger partial charge < -0.3 is 10.0 Å². The Kier molecular flexibility index (Phi) is 5.26. The topological polar surface area (TPSA) is 23.5 Å². The van der Waals surface area contributed by atoms with Crippen molar-refractivity contribution in [1.82, 2.24) is 4.90 Å². The molecular weight excluding hydrogens is 258 g/mol. The molecule has 0 aliphatic heterocycles. The Labute approximate surface area is 121 Å². The van der Waals surface area contributed by atoms with Gasteiger partial charge in [-0.25, -0.2) is 0 Å². The molecule has 0 aromatic heterocycles. The molecule has 3 heteroatoms. The maximum absolute atomic E-state index is 9.25. The number of hydrogen-bond donors (Lipinski definition) is 1. The van der Waals surface area contributed by atoms with Crippen molar-refractivity contribution in [3.05, 3.63) is 34.9 Å². The van der Waals surface area contributed by atoms with Crippen molar-refractivity contribution in [1.29, 1.82) is 0 Å². The van der Waals surface area contributed by atoms with E-state index >= 15 is 0 Å².